The van der Waals surface area contributed by atoms with E-state index in [1.165, 1.54) is 18.7 Å². The molecule has 1 heterocycles. The summed E-state index contributed by atoms with van der Waals surface area (Å²) < 4.78 is 27.5. The van der Waals surface area contributed by atoms with Crippen LogP contribution >= 0.6 is 0 Å². The van der Waals surface area contributed by atoms with Crippen LogP contribution in [0, 0.1) is 0 Å². The summed E-state index contributed by atoms with van der Waals surface area (Å²) in [5, 5.41) is 9.50. The number of amides is 1. The van der Waals surface area contributed by atoms with Gasteiger partial charge in [-0.25, -0.2) is 4.79 Å². The average molecular weight is 540 g/mol. The second kappa shape index (κ2) is 13.4. The van der Waals surface area contributed by atoms with E-state index in [2.05, 4.69) is 12.1 Å². The molecule has 1 aliphatic heterocycles. The van der Waals surface area contributed by atoms with Gasteiger partial charge < -0.3 is 33.7 Å². The van der Waals surface area contributed by atoms with Crippen LogP contribution in [0.2, 0.25) is 0 Å². The molecule has 0 fully saturated rings. The first kappa shape index (κ1) is 28.3. The van der Waals surface area contributed by atoms with Crippen molar-refractivity contribution in [2.45, 2.75) is 38.3 Å². The number of carbonyl (C=O) groups excluding carboxylic acids is 3. The van der Waals surface area contributed by atoms with E-state index in [-0.39, 0.29) is 45.4 Å². The molecule has 0 bridgehead atoms. The third-order valence-corrected chi connectivity index (χ3v) is 6.49. The summed E-state index contributed by atoms with van der Waals surface area (Å²) in [5.41, 5.74) is 4.50. The fourth-order valence-electron chi connectivity index (χ4n) is 4.73. The Bertz CT molecular complexity index is 1150. The SMILES string of the molecule is CC(=O)OC[C@H]1O[C@H](OCCN(CCO)C(=O)OCC2c3ccccc3-c3ccccc32)C=C[C@@H]1OC(C)=O. The molecule has 10 nitrogen and oxygen atoms in total. The maximum Gasteiger partial charge on any atom is 0.409 e. The maximum absolute atomic E-state index is 12.9. The van der Waals surface area contributed by atoms with E-state index < -0.39 is 36.5 Å². The number of carbonyl (C=O) groups is 3. The van der Waals surface area contributed by atoms with Crippen molar-refractivity contribution in [3.05, 3.63) is 71.8 Å². The molecule has 2 aromatic carbocycles. The summed E-state index contributed by atoms with van der Waals surface area (Å²) in [5.74, 6) is -1.06. The molecule has 0 spiro atoms. The van der Waals surface area contributed by atoms with Crippen LogP contribution in [-0.2, 0) is 33.3 Å². The molecule has 2 aliphatic rings. The van der Waals surface area contributed by atoms with E-state index in [1.54, 1.807) is 12.2 Å². The van der Waals surface area contributed by atoms with E-state index in [4.69, 9.17) is 23.7 Å². The Morgan fingerprint density at radius 3 is 2.15 bits per heavy atom. The van der Waals surface area contributed by atoms with Gasteiger partial charge in [0.15, 0.2) is 6.29 Å². The van der Waals surface area contributed by atoms with Gasteiger partial charge in [0.25, 0.3) is 0 Å². The third kappa shape index (κ3) is 7.23. The molecule has 0 radical (unpaired) electrons. The zero-order valence-electron chi connectivity index (χ0n) is 22.0. The summed E-state index contributed by atoms with van der Waals surface area (Å²) in [6, 6.07) is 16.2. The number of rotatable bonds is 11. The largest absolute Gasteiger partial charge is 0.463 e. The van der Waals surface area contributed by atoms with Gasteiger partial charge in [0.1, 0.15) is 25.4 Å². The van der Waals surface area contributed by atoms with Crippen molar-refractivity contribution in [3.8, 4) is 11.1 Å². The maximum atomic E-state index is 12.9. The molecule has 0 saturated carbocycles. The lowest BCUT2D eigenvalue weighted by Crippen LogP contribution is -2.43. The highest BCUT2D eigenvalue weighted by molar-refractivity contribution is 5.79. The van der Waals surface area contributed by atoms with Gasteiger partial charge in [-0.15, -0.1) is 0 Å². The minimum Gasteiger partial charge on any atom is -0.463 e. The number of aliphatic hydroxyl groups is 1. The van der Waals surface area contributed by atoms with Crippen LogP contribution in [0.15, 0.2) is 60.7 Å². The van der Waals surface area contributed by atoms with E-state index in [1.807, 2.05) is 36.4 Å². The Morgan fingerprint density at radius 1 is 0.872 bits per heavy atom. The van der Waals surface area contributed by atoms with Gasteiger partial charge in [-0.05, 0) is 34.4 Å². The molecular formula is C29H33NO9. The molecule has 0 saturated heterocycles. The van der Waals surface area contributed by atoms with Gasteiger partial charge in [-0.3, -0.25) is 9.59 Å². The van der Waals surface area contributed by atoms with Crippen molar-refractivity contribution in [1.82, 2.24) is 4.90 Å². The first-order valence-corrected chi connectivity index (χ1v) is 12.8. The summed E-state index contributed by atoms with van der Waals surface area (Å²) in [6.07, 6.45) is 0.354. The molecule has 1 amide bonds. The predicted octanol–water partition coefficient (Wildman–Crippen LogP) is 3.02. The first-order valence-electron chi connectivity index (χ1n) is 12.8. The van der Waals surface area contributed by atoms with E-state index in [9.17, 15) is 19.5 Å². The summed E-state index contributed by atoms with van der Waals surface area (Å²) in [6.45, 7) is 2.66. The van der Waals surface area contributed by atoms with E-state index in [0.29, 0.717) is 0 Å². The van der Waals surface area contributed by atoms with Crippen LogP contribution < -0.4 is 0 Å². The van der Waals surface area contributed by atoms with Gasteiger partial charge in [0, 0.05) is 32.9 Å². The summed E-state index contributed by atoms with van der Waals surface area (Å²) in [4.78, 5) is 36.9. The van der Waals surface area contributed by atoms with Gasteiger partial charge in [-0.1, -0.05) is 48.5 Å². The van der Waals surface area contributed by atoms with Crippen molar-refractivity contribution in [2.75, 3.05) is 39.5 Å². The van der Waals surface area contributed by atoms with Crippen molar-refractivity contribution < 1.29 is 43.2 Å². The molecule has 3 atom stereocenters. The van der Waals surface area contributed by atoms with Crippen LogP contribution in [0.3, 0.4) is 0 Å². The zero-order chi connectivity index (χ0) is 27.8. The van der Waals surface area contributed by atoms with E-state index >= 15 is 0 Å². The molecule has 10 heteroatoms. The first-order chi connectivity index (χ1) is 18.9. The van der Waals surface area contributed by atoms with Crippen molar-refractivity contribution in [2.24, 2.45) is 0 Å². The Balaban J connectivity index is 1.31. The lowest BCUT2D eigenvalue weighted by atomic mass is 9.98. The molecular weight excluding hydrogens is 506 g/mol. The average Bonchev–Trinajstić information content (AvgIpc) is 3.24. The molecule has 1 N–H and O–H groups in total. The summed E-state index contributed by atoms with van der Waals surface area (Å²) >= 11 is 0. The lowest BCUT2D eigenvalue weighted by Gasteiger charge is -2.31. The zero-order valence-corrected chi connectivity index (χ0v) is 22.0. The van der Waals surface area contributed by atoms with Gasteiger partial charge in [-0.2, -0.15) is 0 Å². The fraction of sp³-hybridized carbons (Fsp3) is 0.414. The van der Waals surface area contributed by atoms with Gasteiger partial charge >= 0.3 is 18.0 Å². The molecule has 4 rings (SSSR count). The van der Waals surface area contributed by atoms with Crippen LogP contribution in [0.25, 0.3) is 11.1 Å². The second-order valence-corrected chi connectivity index (χ2v) is 9.19. The molecule has 0 aromatic heterocycles. The molecule has 208 valence electrons. The van der Waals surface area contributed by atoms with E-state index in [0.717, 1.165) is 22.3 Å². The van der Waals surface area contributed by atoms with Crippen LogP contribution in [0.4, 0.5) is 4.79 Å². The minimum atomic E-state index is -0.809. The number of aliphatic hydroxyl groups excluding tert-OH is 1. The predicted molar refractivity (Wildman–Crippen MR) is 140 cm³/mol. The number of hydrogen-bond donors (Lipinski definition) is 1. The highest BCUT2D eigenvalue weighted by Gasteiger charge is 2.32. The number of nitrogens with zero attached hydrogens (tertiary/aromatic N) is 1. The Labute approximate surface area is 227 Å². The third-order valence-electron chi connectivity index (χ3n) is 6.49. The number of hydrogen-bond acceptors (Lipinski definition) is 9. The number of benzene rings is 2. The Hall–Kier alpha value is -3.73. The van der Waals surface area contributed by atoms with Crippen molar-refractivity contribution in [1.29, 1.82) is 0 Å². The summed E-state index contributed by atoms with van der Waals surface area (Å²) in [7, 11) is 0. The highest BCUT2D eigenvalue weighted by atomic mass is 16.7. The molecule has 2 aromatic rings. The monoisotopic (exact) mass is 539 g/mol. The molecule has 1 aliphatic carbocycles. The van der Waals surface area contributed by atoms with Crippen LogP contribution in [0.5, 0.6) is 0 Å². The lowest BCUT2D eigenvalue weighted by molar-refractivity contribution is -0.197. The minimum absolute atomic E-state index is 0.0744. The quantitative estimate of drug-likeness (QED) is 0.261. The number of esters is 2. The Morgan fingerprint density at radius 2 is 1.54 bits per heavy atom. The highest BCUT2D eigenvalue weighted by Crippen LogP contribution is 2.44. The van der Waals surface area contributed by atoms with Gasteiger partial charge in [0.2, 0.25) is 0 Å². The second-order valence-electron chi connectivity index (χ2n) is 9.19. The van der Waals surface area contributed by atoms with Crippen LogP contribution in [0.1, 0.15) is 30.9 Å². The smallest absolute Gasteiger partial charge is 0.409 e. The topological polar surface area (TPSA) is 121 Å². The van der Waals surface area contributed by atoms with Crippen molar-refractivity contribution in [3.63, 3.8) is 0 Å². The Kier molecular flexibility index (Phi) is 9.69. The number of fused-ring (bicyclic) bond motifs is 3. The van der Waals surface area contributed by atoms with Crippen molar-refractivity contribution >= 4 is 18.0 Å². The molecule has 0 unspecified atom stereocenters. The number of ether oxygens (including phenoxy) is 5. The fourth-order valence-corrected chi connectivity index (χ4v) is 4.73. The molecule has 39 heavy (non-hydrogen) atoms. The normalized spacial score (nSPS) is 19.6. The van der Waals surface area contributed by atoms with Crippen LogP contribution in [-0.4, -0.2) is 86.1 Å². The standard InChI is InChI=1S/C29H33NO9/c1-19(32)36-18-27-26(38-20(2)33)11-12-28(39-27)35-16-14-30(13-15-31)29(34)37-17-25-23-9-5-3-7-21(23)22-8-4-6-10-24(22)25/h3-12,25-28,31H,13-18H2,1-2H3/t26-,27+,28-/m0/s1. The van der Waals surface area contributed by atoms with Gasteiger partial charge in [0.05, 0.1) is 13.2 Å².